The minimum atomic E-state index is 0.268. The Labute approximate surface area is 141 Å². The summed E-state index contributed by atoms with van der Waals surface area (Å²) in [5, 5.41) is 9.64. The van der Waals surface area contributed by atoms with Crippen LogP contribution in [0.3, 0.4) is 0 Å². The molecule has 0 aliphatic carbocycles. The highest BCUT2D eigenvalue weighted by Gasteiger charge is 2.12. The fourth-order valence-electron chi connectivity index (χ4n) is 2.82. The van der Waals surface area contributed by atoms with E-state index in [9.17, 15) is 5.11 Å². The maximum absolute atomic E-state index is 9.64. The maximum Gasteiger partial charge on any atom is 0.115 e. The third-order valence-electron chi connectivity index (χ3n) is 3.97. The van der Waals surface area contributed by atoms with Crippen molar-refractivity contribution in [1.29, 1.82) is 0 Å². The van der Waals surface area contributed by atoms with Crippen LogP contribution in [0.15, 0.2) is 60.9 Å². The molecule has 3 N–H and O–H groups in total. The number of imidazole rings is 1. The Morgan fingerprint density at radius 1 is 1.04 bits per heavy atom. The molecule has 0 radical (unpaired) electrons. The summed E-state index contributed by atoms with van der Waals surface area (Å²) < 4.78 is 2.09. The zero-order chi connectivity index (χ0) is 16.8. The molecule has 5 heteroatoms. The molecule has 0 saturated carbocycles. The first-order valence-electron chi connectivity index (χ1n) is 7.92. The van der Waals surface area contributed by atoms with Gasteiger partial charge in [0, 0.05) is 25.1 Å². The lowest BCUT2D eigenvalue weighted by Gasteiger charge is -2.10. The molecule has 0 bridgehead atoms. The Morgan fingerprint density at radius 2 is 1.83 bits per heavy atom. The minimum Gasteiger partial charge on any atom is -0.508 e. The highest BCUT2D eigenvalue weighted by molar-refractivity contribution is 5.29. The van der Waals surface area contributed by atoms with E-state index in [0.717, 1.165) is 23.4 Å². The first-order valence-corrected chi connectivity index (χ1v) is 7.92. The Hall–Kier alpha value is -2.63. The van der Waals surface area contributed by atoms with Crippen molar-refractivity contribution in [2.45, 2.75) is 19.4 Å². The Bertz CT molecular complexity index is 784. The average molecular weight is 323 g/mol. The molecule has 124 valence electrons. The molecule has 0 fully saturated rings. The second kappa shape index (κ2) is 7.77. The van der Waals surface area contributed by atoms with Crippen molar-refractivity contribution in [2.24, 2.45) is 5.90 Å². The molecular weight excluding hydrogens is 302 g/mol. The van der Waals surface area contributed by atoms with Crippen LogP contribution in [0.5, 0.6) is 5.75 Å². The molecule has 0 unspecified atom stereocenters. The second-order valence-corrected chi connectivity index (χ2v) is 5.72. The molecule has 3 rings (SSSR count). The van der Waals surface area contributed by atoms with E-state index in [2.05, 4.69) is 21.7 Å². The number of rotatable bonds is 7. The summed E-state index contributed by atoms with van der Waals surface area (Å²) in [5.41, 5.74) is 4.37. The quantitative estimate of drug-likeness (QED) is 0.656. The molecule has 1 aromatic heterocycles. The Balaban J connectivity index is 1.85. The number of phenols is 1. The second-order valence-electron chi connectivity index (χ2n) is 5.72. The lowest BCUT2D eigenvalue weighted by atomic mass is 10.1. The number of benzene rings is 2. The van der Waals surface area contributed by atoms with Crippen LogP contribution >= 0.6 is 0 Å². The predicted octanol–water partition coefficient (Wildman–Crippen LogP) is 2.66. The van der Waals surface area contributed by atoms with Gasteiger partial charge in [-0.15, -0.1) is 0 Å². The normalized spacial score (nSPS) is 10.9. The summed E-state index contributed by atoms with van der Waals surface area (Å²) in [6.45, 7) is 1.09. The van der Waals surface area contributed by atoms with E-state index in [1.807, 2.05) is 36.7 Å². The number of aromatic nitrogens is 2. The maximum atomic E-state index is 9.64. The van der Waals surface area contributed by atoms with Crippen LogP contribution in [0.1, 0.15) is 22.5 Å². The smallest absolute Gasteiger partial charge is 0.115 e. The van der Waals surface area contributed by atoms with Gasteiger partial charge < -0.3 is 14.5 Å². The van der Waals surface area contributed by atoms with Crippen LogP contribution in [0, 0.1) is 0 Å². The van der Waals surface area contributed by atoms with Crippen LogP contribution < -0.4 is 5.90 Å². The van der Waals surface area contributed by atoms with E-state index in [4.69, 9.17) is 10.7 Å². The number of nitrogens with two attached hydrogens (primary N) is 1. The number of hydrogen-bond donors (Lipinski definition) is 2. The van der Waals surface area contributed by atoms with Gasteiger partial charge in [0.05, 0.1) is 18.6 Å². The minimum absolute atomic E-state index is 0.268. The van der Waals surface area contributed by atoms with Gasteiger partial charge in [-0.05, 0) is 23.3 Å². The van der Waals surface area contributed by atoms with E-state index >= 15 is 0 Å². The summed E-state index contributed by atoms with van der Waals surface area (Å²) >= 11 is 0. The van der Waals surface area contributed by atoms with Crippen molar-refractivity contribution in [3.05, 3.63) is 83.4 Å². The number of aromatic hydroxyl groups is 1. The van der Waals surface area contributed by atoms with Crippen molar-refractivity contribution >= 4 is 0 Å². The largest absolute Gasteiger partial charge is 0.508 e. The lowest BCUT2D eigenvalue weighted by Crippen LogP contribution is -2.11. The van der Waals surface area contributed by atoms with Crippen molar-refractivity contribution in [3.8, 4) is 5.75 Å². The van der Waals surface area contributed by atoms with Gasteiger partial charge in [0.2, 0.25) is 0 Å². The van der Waals surface area contributed by atoms with Crippen molar-refractivity contribution in [1.82, 2.24) is 9.55 Å². The molecule has 0 atom stereocenters. The number of hydrogen-bond acceptors (Lipinski definition) is 4. The lowest BCUT2D eigenvalue weighted by molar-refractivity contribution is 0.140. The summed E-state index contributed by atoms with van der Waals surface area (Å²) in [6, 6.07) is 17.5. The van der Waals surface area contributed by atoms with Gasteiger partial charge in [-0.1, -0.05) is 42.5 Å². The molecule has 5 nitrogen and oxygen atoms in total. The van der Waals surface area contributed by atoms with E-state index in [0.29, 0.717) is 19.6 Å². The van der Waals surface area contributed by atoms with E-state index in [1.165, 1.54) is 5.56 Å². The monoisotopic (exact) mass is 323 g/mol. The van der Waals surface area contributed by atoms with Gasteiger partial charge in [-0.25, -0.2) is 10.9 Å². The van der Waals surface area contributed by atoms with Crippen LogP contribution in [0.4, 0.5) is 0 Å². The predicted molar refractivity (Wildman–Crippen MR) is 92.5 cm³/mol. The molecule has 24 heavy (non-hydrogen) atoms. The van der Waals surface area contributed by atoms with E-state index < -0.39 is 0 Å². The zero-order valence-corrected chi connectivity index (χ0v) is 13.4. The van der Waals surface area contributed by atoms with Gasteiger partial charge >= 0.3 is 0 Å². The van der Waals surface area contributed by atoms with Gasteiger partial charge in [0.1, 0.15) is 5.75 Å². The van der Waals surface area contributed by atoms with Crippen molar-refractivity contribution in [2.75, 3.05) is 6.61 Å². The van der Waals surface area contributed by atoms with Crippen molar-refractivity contribution < 1.29 is 9.94 Å². The molecule has 0 aliphatic rings. The topological polar surface area (TPSA) is 73.3 Å². The SMILES string of the molecule is NOCCc1c(Cc2ccccc2)ncn1Cc1cccc(O)c1. The molecule has 0 aliphatic heterocycles. The molecule has 1 heterocycles. The van der Waals surface area contributed by atoms with E-state index in [1.54, 1.807) is 12.1 Å². The summed E-state index contributed by atoms with van der Waals surface area (Å²) in [6.07, 6.45) is 3.30. The summed E-state index contributed by atoms with van der Waals surface area (Å²) in [4.78, 5) is 9.35. The first kappa shape index (κ1) is 16.2. The number of nitrogens with zero attached hydrogens (tertiary/aromatic N) is 2. The van der Waals surface area contributed by atoms with Crippen LogP contribution in [0.25, 0.3) is 0 Å². The van der Waals surface area contributed by atoms with Crippen LogP contribution in [-0.4, -0.2) is 21.3 Å². The fraction of sp³-hybridized carbons (Fsp3) is 0.211. The highest BCUT2D eigenvalue weighted by atomic mass is 16.6. The average Bonchev–Trinajstić information content (AvgIpc) is 2.95. The van der Waals surface area contributed by atoms with Gasteiger partial charge in [0.15, 0.2) is 0 Å². The van der Waals surface area contributed by atoms with Crippen LogP contribution in [0.2, 0.25) is 0 Å². The molecule has 2 aromatic carbocycles. The Morgan fingerprint density at radius 3 is 2.58 bits per heavy atom. The third-order valence-corrected chi connectivity index (χ3v) is 3.97. The van der Waals surface area contributed by atoms with Crippen LogP contribution in [-0.2, 0) is 24.2 Å². The molecule has 3 aromatic rings. The van der Waals surface area contributed by atoms with Gasteiger partial charge in [-0.2, -0.15) is 0 Å². The standard InChI is InChI=1S/C19H21N3O2/c20-24-10-9-19-18(12-15-5-2-1-3-6-15)21-14-22(19)13-16-7-4-8-17(23)11-16/h1-8,11,14,23H,9-10,12-13,20H2. The zero-order valence-electron chi connectivity index (χ0n) is 13.4. The summed E-state index contributed by atoms with van der Waals surface area (Å²) in [5.74, 6) is 5.48. The molecular formula is C19H21N3O2. The molecule has 0 saturated heterocycles. The van der Waals surface area contributed by atoms with Gasteiger partial charge in [0.25, 0.3) is 0 Å². The fourth-order valence-corrected chi connectivity index (χ4v) is 2.82. The number of phenolic OH excluding ortho intramolecular Hbond substituents is 1. The van der Waals surface area contributed by atoms with Crippen molar-refractivity contribution in [3.63, 3.8) is 0 Å². The summed E-state index contributed by atoms with van der Waals surface area (Å²) in [7, 11) is 0. The highest BCUT2D eigenvalue weighted by Crippen LogP contribution is 2.18. The third kappa shape index (κ3) is 4.01. The van der Waals surface area contributed by atoms with Gasteiger partial charge in [-0.3, -0.25) is 0 Å². The molecule has 0 spiro atoms. The first-order chi connectivity index (χ1) is 11.8. The molecule has 0 amide bonds. The Kier molecular flexibility index (Phi) is 5.25. The van der Waals surface area contributed by atoms with E-state index in [-0.39, 0.29) is 5.75 Å².